The topological polar surface area (TPSA) is 4.93 Å². The Balaban J connectivity index is 1.62. The van der Waals surface area contributed by atoms with E-state index in [0.717, 1.165) is 17.8 Å². The van der Waals surface area contributed by atoms with Gasteiger partial charge < -0.3 is 4.57 Å². The van der Waals surface area contributed by atoms with Crippen LogP contribution in [-0.4, -0.2) is 4.57 Å². The lowest BCUT2D eigenvalue weighted by atomic mass is 9.48. The van der Waals surface area contributed by atoms with Gasteiger partial charge in [-0.3, -0.25) is 0 Å². The molecule has 2 aromatic rings. The number of aryl methyl sites for hydroxylation is 2. The Hall–Kier alpha value is -1.02. The maximum absolute atomic E-state index is 3.81. The predicted octanol–water partition coefficient (Wildman–Crippen LogP) is 6.32. The van der Waals surface area contributed by atoms with E-state index in [2.05, 4.69) is 64.7 Å². The highest BCUT2D eigenvalue weighted by Crippen LogP contribution is 2.60. The van der Waals surface area contributed by atoms with Gasteiger partial charge in [0.25, 0.3) is 0 Å². The molecule has 4 bridgehead atoms. The van der Waals surface area contributed by atoms with Crippen LogP contribution in [0, 0.1) is 31.6 Å². The van der Waals surface area contributed by atoms with Crippen molar-refractivity contribution in [3.05, 3.63) is 51.8 Å². The second kappa shape index (κ2) is 5.24. The molecule has 2 heteroatoms. The van der Waals surface area contributed by atoms with Gasteiger partial charge in [-0.15, -0.1) is 0 Å². The quantitative estimate of drug-likeness (QED) is 0.571. The fourth-order valence-electron chi connectivity index (χ4n) is 6.53. The molecular weight excluding hydrogens is 358 g/mol. The first-order chi connectivity index (χ1) is 11.5. The second-order valence-electron chi connectivity index (χ2n) is 8.82. The number of aromatic nitrogens is 1. The molecule has 1 aromatic heterocycles. The van der Waals surface area contributed by atoms with Crippen molar-refractivity contribution in [1.82, 2.24) is 4.57 Å². The van der Waals surface area contributed by atoms with Gasteiger partial charge >= 0.3 is 0 Å². The fraction of sp³-hybridized carbons (Fsp3) is 0.545. The summed E-state index contributed by atoms with van der Waals surface area (Å²) in [6, 6.07) is 11.6. The lowest BCUT2D eigenvalue weighted by molar-refractivity contribution is -0.00519. The molecule has 4 saturated carbocycles. The van der Waals surface area contributed by atoms with Gasteiger partial charge in [0, 0.05) is 15.9 Å². The van der Waals surface area contributed by atoms with Crippen LogP contribution < -0.4 is 0 Å². The molecule has 4 aliphatic carbocycles. The lowest BCUT2D eigenvalue weighted by Crippen LogP contribution is -2.48. The van der Waals surface area contributed by atoms with Gasteiger partial charge in [0.2, 0.25) is 0 Å². The highest BCUT2D eigenvalue weighted by Gasteiger charge is 2.51. The molecule has 0 unspecified atom stereocenters. The van der Waals surface area contributed by atoms with Crippen molar-refractivity contribution in [2.45, 2.75) is 57.8 Å². The van der Waals surface area contributed by atoms with Gasteiger partial charge in [-0.1, -0.05) is 6.07 Å². The van der Waals surface area contributed by atoms with Crippen LogP contribution in [0.15, 0.2) is 34.8 Å². The number of benzene rings is 1. The van der Waals surface area contributed by atoms with E-state index < -0.39 is 0 Å². The van der Waals surface area contributed by atoms with E-state index in [1.807, 2.05) is 0 Å². The molecule has 4 fully saturated rings. The zero-order chi connectivity index (χ0) is 16.5. The standard InChI is InChI=1S/C22H26BrN/c1-14-3-4-15(2)24(14)21-10-19(5-6-20(21)23)22-11-16-7-17(12-22)9-18(8-16)13-22/h3-6,10,16-18H,7-9,11-13H2,1-2H3. The van der Waals surface area contributed by atoms with Crippen LogP contribution in [0.4, 0.5) is 0 Å². The van der Waals surface area contributed by atoms with E-state index in [9.17, 15) is 0 Å². The summed E-state index contributed by atoms with van der Waals surface area (Å²) in [6.45, 7) is 4.41. The van der Waals surface area contributed by atoms with E-state index >= 15 is 0 Å². The third-order valence-corrected chi connectivity index (χ3v) is 7.78. The van der Waals surface area contributed by atoms with Crippen molar-refractivity contribution in [3.63, 3.8) is 0 Å². The zero-order valence-corrected chi connectivity index (χ0v) is 16.3. The molecule has 126 valence electrons. The highest BCUT2D eigenvalue weighted by atomic mass is 79.9. The van der Waals surface area contributed by atoms with Gasteiger partial charge in [0.05, 0.1) is 5.69 Å². The van der Waals surface area contributed by atoms with Gasteiger partial charge in [-0.2, -0.15) is 0 Å². The summed E-state index contributed by atoms with van der Waals surface area (Å²) >= 11 is 3.81. The average Bonchev–Trinajstić information content (AvgIpc) is 2.85. The summed E-state index contributed by atoms with van der Waals surface area (Å²) in [5.41, 5.74) is 6.03. The van der Waals surface area contributed by atoms with Crippen LogP contribution >= 0.6 is 15.9 Å². The molecule has 0 spiro atoms. The third-order valence-electron chi connectivity index (χ3n) is 7.11. The molecule has 1 aromatic carbocycles. The molecule has 1 nitrogen and oxygen atoms in total. The normalized spacial score (nSPS) is 34.0. The van der Waals surface area contributed by atoms with Crippen molar-refractivity contribution < 1.29 is 0 Å². The maximum Gasteiger partial charge on any atom is 0.0599 e. The summed E-state index contributed by atoms with van der Waals surface area (Å²) in [7, 11) is 0. The molecule has 0 atom stereocenters. The molecular formula is C22H26BrN. The Labute approximate surface area is 153 Å². The molecule has 4 aliphatic rings. The van der Waals surface area contributed by atoms with Crippen molar-refractivity contribution >= 4 is 15.9 Å². The Morgan fingerprint density at radius 1 is 0.875 bits per heavy atom. The van der Waals surface area contributed by atoms with Crippen molar-refractivity contribution in [2.75, 3.05) is 0 Å². The summed E-state index contributed by atoms with van der Waals surface area (Å²) in [6.07, 6.45) is 8.84. The van der Waals surface area contributed by atoms with E-state index in [-0.39, 0.29) is 0 Å². The van der Waals surface area contributed by atoms with Gasteiger partial charge in [-0.25, -0.2) is 0 Å². The number of halogens is 1. The minimum Gasteiger partial charge on any atom is -0.317 e. The highest BCUT2D eigenvalue weighted by molar-refractivity contribution is 9.10. The van der Waals surface area contributed by atoms with Crippen molar-refractivity contribution in [2.24, 2.45) is 17.8 Å². The molecule has 6 rings (SSSR count). The first kappa shape index (κ1) is 15.3. The zero-order valence-electron chi connectivity index (χ0n) is 14.7. The average molecular weight is 384 g/mol. The maximum atomic E-state index is 3.81. The third kappa shape index (κ3) is 2.18. The van der Waals surface area contributed by atoms with Gasteiger partial charge in [0.15, 0.2) is 0 Å². The lowest BCUT2D eigenvalue weighted by Gasteiger charge is -2.57. The first-order valence-corrected chi connectivity index (χ1v) is 10.3. The Morgan fingerprint density at radius 2 is 1.42 bits per heavy atom. The molecule has 0 N–H and O–H groups in total. The molecule has 0 amide bonds. The monoisotopic (exact) mass is 383 g/mol. The summed E-state index contributed by atoms with van der Waals surface area (Å²) in [5.74, 6) is 3.00. The van der Waals surface area contributed by atoms with Crippen LogP contribution in [0.5, 0.6) is 0 Å². The molecule has 24 heavy (non-hydrogen) atoms. The fourth-order valence-corrected chi connectivity index (χ4v) is 6.95. The van der Waals surface area contributed by atoms with Crippen LogP contribution in [0.1, 0.15) is 55.5 Å². The van der Waals surface area contributed by atoms with Crippen molar-refractivity contribution in [3.8, 4) is 5.69 Å². The van der Waals surface area contributed by atoms with E-state index in [1.54, 1.807) is 5.56 Å². The van der Waals surface area contributed by atoms with E-state index in [4.69, 9.17) is 0 Å². The Bertz CT molecular complexity index is 746. The second-order valence-corrected chi connectivity index (χ2v) is 9.67. The minimum absolute atomic E-state index is 0.471. The summed E-state index contributed by atoms with van der Waals surface area (Å²) < 4.78 is 3.60. The minimum atomic E-state index is 0.471. The molecule has 0 saturated heterocycles. The predicted molar refractivity (Wildman–Crippen MR) is 103 cm³/mol. The summed E-state index contributed by atoms with van der Waals surface area (Å²) in [5, 5.41) is 0. The van der Waals surface area contributed by atoms with Gasteiger partial charge in [-0.05, 0) is 121 Å². The number of rotatable bonds is 2. The summed E-state index contributed by atoms with van der Waals surface area (Å²) in [4.78, 5) is 0. The van der Waals surface area contributed by atoms with Crippen LogP contribution in [-0.2, 0) is 5.41 Å². The molecule has 0 radical (unpaired) electrons. The smallest absolute Gasteiger partial charge is 0.0599 e. The number of hydrogen-bond donors (Lipinski definition) is 0. The Morgan fingerprint density at radius 3 is 1.96 bits per heavy atom. The molecule has 0 aliphatic heterocycles. The van der Waals surface area contributed by atoms with Gasteiger partial charge in [0.1, 0.15) is 0 Å². The largest absolute Gasteiger partial charge is 0.317 e. The Kier molecular flexibility index (Phi) is 3.33. The molecule has 1 heterocycles. The van der Waals surface area contributed by atoms with Crippen molar-refractivity contribution in [1.29, 1.82) is 0 Å². The van der Waals surface area contributed by atoms with Crippen LogP contribution in [0.25, 0.3) is 5.69 Å². The number of nitrogens with zero attached hydrogens (tertiary/aromatic N) is 1. The van der Waals surface area contributed by atoms with Crippen LogP contribution in [0.2, 0.25) is 0 Å². The van der Waals surface area contributed by atoms with Crippen LogP contribution in [0.3, 0.4) is 0 Å². The van der Waals surface area contributed by atoms with E-state index in [0.29, 0.717) is 5.41 Å². The first-order valence-electron chi connectivity index (χ1n) is 9.49. The van der Waals surface area contributed by atoms with E-state index in [1.165, 1.54) is 60.1 Å². The SMILES string of the molecule is Cc1ccc(C)n1-c1cc(C23CC4CC(CC(C4)C2)C3)ccc1Br. The number of hydrogen-bond acceptors (Lipinski definition) is 0.